The predicted octanol–water partition coefficient (Wildman–Crippen LogP) is 14.9. The van der Waals surface area contributed by atoms with Crippen molar-refractivity contribution in [1.29, 1.82) is 0 Å². The molecule has 58 heavy (non-hydrogen) atoms. The third kappa shape index (κ3) is 40.8. The van der Waals surface area contributed by atoms with Crippen LogP contribution in [0.3, 0.4) is 0 Å². The van der Waals surface area contributed by atoms with Crippen molar-refractivity contribution < 1.29 is 24.5 Å². The number of amides is 1. The lowest BCUT2D eigenvalue weighted by atomic mass is 10.0. The summed E-state index contributed by atoms with van der Waals surface area (Å²) in [7, 11) is 0. The summed E-state index contributed by atoms with van der Waals surface area (Å²) in [5.41, 5.74) is 0. The fourth-order valence-corrected chi connectivity index (χ4v) is 7.65. The summed E-state index contributed by atoms with van der Waals surface area (Å²) in [6.07, 6.45) is 53.6. The molecule has 0 rings (SSSR count). The summed E-state index contributed by atoms with van der Waals surface area (Å²) in [5, 5.41) is 23.7. The molecule has 0 aromatic heterocycles. The van der Waals surface area contributed by atoms with Crippen molar-refractivity contribution in [3.8, 4) is 0 Å². The van der Waals surface area contributed by atoms with Crippen LogP contribution < -0.4 is 5.32 Å². The molecule has 6 nitrogen and oxygen atoms in total. The summed E-state index contributed by atoms with van der Waals surface area (Å²) >= 11 is 0. The first kappa shape index (κ1) is 56.1. The highest BCUT2D eigenvalue weighted by molar-refractivity contribution is 5.77. The van der Waals surface area contributed by atoms with Gasteiger partial charge in [-0.2, -0.15) is 0 Å². The van der Waals surface area contributed by atoms with E-state index in [1.165, 1.54) is 122 Å². The third-order valence-corrected chi connectivity index (χ3v) is 11.4. The second-order valence-electron chi connectivity index (χ2n) is 17.2. The zero-order valence-electron chi connectivity index (χ0n) is 38.7. The van der Waals surface area contributed by atoms with Gasteiger partial charge in [-0.05, 0) is 70.6 Å². The van der Waals surface area contributed by atoms with Crippen LogP contribution in [0, 0.1) is 0 Å². The number of ether oxygens (including phenoxy) is 1. The Morgan fingerprint density at radius 2 is 0.966 bits per heavy atom. The number of aliphatic hydroxyl groups excluding tert-OH is 2. The molecular formula is C52H97NO5. The molecule has 340 valence electrons. The molecule has 6 heteroatoms. The molecule has 0 aliphatic carbocycles. The highest BCUT2D eigenvalue weighted by Crippen LogP contribution is 2.18. The third-order valence-electron chi connectivity index (χ3n) is 11.4. The van der Waals surface area contributed by atoms with Crippen molar-refractivity contribution in [2.45, 2.75) is 277 Å². The number of nitrogens with one attached hydrogen (secondary N) is 1. The lowest BCUT2D eigenvalue weighted by Gasteiger charge is -2.24. The van der Waals surface area contributed by atoms with Gasteiger partial charge in [0.05, 0.1) is 25.2 Å². The fourth-order valence-electron chi connectivity index (χ4n) is 7.65. The van der Waals surface area contributed by atoms with Crippen molar-refractivity contribution in [3.05, 3.63) is 36.5 Å². The van der Waals surface area contributed by atoms with E-state index in [1.54, 1.807) is 0 Å². The number of rotatable bonds is 45. The second-order valence-corrected chi connectivity index (χ2v) is 17.2. The van der Waals surface area contributed by atoms with Crippen LogP contribution >= 0.6 is 0 Å². The van der Waals surface area contributed by atoms with Gasteiger partial charge < -0.3 is 20.3 Å². The van der Waals surface area contributed by atoms with Gasteiger partial charge in [0.2, 0.25) is 5.91 Å². The van der Waals surface area contributed by atoms with Crippen molar-refractivity contribution in [2.75, 3.05) is 6.61 Å². The predicted molar refractivity (Wildman–Crippen MR) is 250 cm³/mol. The number of unbranched alkanes of at least 4 members (excludes halogenated alkanes) is 27. The van der Waals surface area contributed by atoms with E-state index >= 15 is 0 Å². The highest BCUT2D eigenvalue weighted by atomic mass is 16.5. The summed E-state index contributed by atoms with van der Waals surface area (Å²) in [6.45, 7) is 6.31. The molecule has 0 aliphatic heterocycles. The van der Waals surface area contributed by atoms with Gasteiger partial charge in [-0.3, -0.25) is 9.59 Å². The standard InChI is InChI=1S/C52H97NO5/c1-4-7-10-13-16-19-21-23-25-26-27-28-30-32-35-38-41-44-50(55)49(47-54)53-51(56)46-48(43-40-37-34-18-15-12-9-6-3)58-52(57)45-42-39-36-33-31-29-24-22-20-17-14-11-8-5-2/h8,11-12,15,17,20,48-50,54-55H,4-7,9-10,13-14,16,18-19,21-47H2,1-3H3,(H,53,56)/b11-8+,15-12-,20-17+. The van der Waals surface area contributed by atoms with Gasteiger partial charge in [0.15, 0.2) is 0 Å². The van der Waals surface area contributed by atoms with E-state index in [-0.39, 0.29) is 24.9 Å². The molecule has 0 saturated heterocycles. The average molecular weight is 816 g/mol. The maximum Gasteiger partial charge on any atom is 0.306 e. The van der Waals surface area contributed by atoms with E-state index in [4.69, 9.17) is 4.74 Å². The number of carbonyl (C=O) groups excluding carboxylic acids is 2. The number of hydrogen-bond acceptors (Lipinski definition) is 5. The Morgan fingerprint density at radius 1 is 0.517 bits per heavy atom. The van der Waals surface area contributed by atoms with Crippen molar-refractivity contribution in [2.24, 2.45) is 0 Å². The summed E-state index contributed by atoms with van der Waals surface area (Å²) in [4.78, 5) is 26.0. The van der Waals surface area contributed by atoms with Gasteiger partial charge in [-0.15, -0.1) is 0 Å². The average Bonchev–Trinajstić information content (AvgIpc) is 3.22. The Labute approximate surface area is 360 Å². The smallest absolute Gasteiger partial charge is 0.306 e. The van der Waals surface area contributed by atoms with E-state index in [0.717, 1.165) is 89.9 Å². The maximum atomic E-state index is 13.1. The Bertz CT molecular complexity index is 961. The zero-order valence-corrected chi connectivity index (χ0v) is 38.7. The van der Waals surface area contributed by atoms with Gasteiger partial charge >= 0.3 is 5.97 Å². The van der Waals surface area contributed by atoms with Crippen LogP contribution in [0.2, 0.25) is 0 Å². The molecule has 1 amide bonds. The monoisotopic (exact) mass is 816 g/mol. The molecule has 0 aliphatic rings. The largest absolute Gasteiger partial charge is 0.462 e. The number of allylic oxidation sites excluding steroid dienone is 6. The van der Waals surface area contributed by atoms with Crippen LogP contribution in [-0.2, 0) is 14.3 Å². The molecular weight excluding hydrogens is 719 g/mol. The van der Waals surface area contributed by atoms with Gasteiger partial charge in [0.1, 0.15) is 6.10 Å². The van der Waals surface area contributed by atoms with Gasteiger partial charge in [0.25, 0.3) is 0 Å². The summed E-state index contributed by atoms with van der Waals surface area (Å²) in [6, 6.07) is -0.704. The van der Waals surface area contributed by atoms with Crippen LogP contribution in [0.1, 0.15) is 258 Å². The van der Waals surface area contributed by atoms with Crippen LogP contribution in [0.4, 0.5) is 0 Å². The van der Waals surface area contributed by atoms with Gasteiger partial charge in [-0.25, -0.2) is 0 Å². The minimum Gasteiger partial charge on any atom is -0.462 e. The molecule has 3 N–H and O–H groups in total. The highest BCUT2D eigenvalue weighted by Gasteiger charge is 2.24. The number of hydrogen-bond donors (Lipinski definition) is 3. The van der Waals surface area contributed by atoms with E-state index in [1.807, 2.05) is 0 Å². The van der Waals surface area contributed by atoms with Crippen LogP contribution in [-0.4, -0.2) is 46.9 Å². The summed E-state index contributed by atoms with van der Waals surface area (Å²) in [5.74, 6) is -0.497. The minimum absolute atomic E-state index is 0.0646. The molecule has 0 spiro atoms. The minimum atomic E-state index is -0.790. The summed E-state index contributed by atoms with van der Waals surface area (Å²) < 4.78 is 5.89. The zero-order chi connectivity index (χ0) is 42.4. The first-order valence-corrected chi connectivity index (χ1v) is 25.2. The molecule has 0 bridgehead atoms. The first-order chi connectivity index (χ1) is 28.5. The lowest BCUT2D eigenvalue weighted by molar-refractivity contribution is -0.151. The van der Waals surface area contributed by atoms with E-state index in [2.05, 4.69) is 62.5 Å². The Morgan fingerprint density at radius 3 is 1.50 bits per heavy atom. The lowest BCUT2D eigenvalue weighted by Crippen LogP contribution is -2.46. The molecule has 0 heterocycles. The molecule has 0 radical (unpaired) electrons. The topological polar surface area (TPSA) is 95.9 Å². The van der Waals surface area contributed by atoms with Gasteiger partial charge in [-0.1, -0.05) is 211 Å². The molecule has 0 aromatic carbocycles. The molecule has 0 fully saturated rings. The van der Waals surface area contributed by atoms with E-state index in [0.29, 0.717) is 19.3 Å². The second kappa shape index (κ2) is 46.2. The molecule has 0 aromatic rings. The quantitative estimate of drug-likeness (QED) is 0.0323. The molecule has 3 unspecified atom stereocenters. The molecule has 0 saturated carbocycles. The number of aliphatic hydroxyl groups is 2. The number of esters is 1. The first-order valence-electron chi connectivity index (χ1n) is 25.2. The Hall–Kier alpha value is -1.92. The van der Waals surface area contributed by atoms with Crippen molar-refractivity contribution >= 4 is 11.9 Å². The maximum absolute atomic E-state index is 13.1. The Balaban J connectivity index is 4.38. The fraction of sp³-hybridized carbons (Fsp3) is 0.846. The van der Waals surface area contributed by atoms with Crippen LogP contribution in [0.15, 0.2) is 36.5 Å². The number of carbonyl (C=O) groups is 2. The van der Waals surface area contributed by atoms with E-state index in [9.17, 15) is 19.8 Å². The molecule has 3 atom stereocenters. The SMILES string of the molecule is CC/C=C/C/C=C/CCCCCCCCCC(=O)OC(CCCCC/C=C\CCC)CC(=O)NC(CO)C(O)CCCCCCCCCCCCCCCCCCC. The van der Waals surface area contributed by atoms with Gasteiger partial charge in [0, 0.05) is 6.42 Å². The van der Waals surface area contributed by atoms with Crippen LogP contribution in [0.5, 0.6) is 0 Å². The van der Waals surface area contributed by atoms with Crippen molar-refractivity contribution in [1.82, 2.24) is 5.32 Å². The Kier molecular flexibility index (Phi) is 44.6. The van der Waals surface area contributed by atoms with Crippen molar-refractivity contribution in [3.63, 3.8) is 0 Å². The normalized spacial score (nSPS) is 13.5. The van der Waals surface area contributed by atoms with Crippen LogP contribution in [0.25, 0.3) is 0 Å². The van der Waals surface area contributed by atoms with E-state index < -0.39 is 18.2 Å².